The van der Waals surface area contributed by atoms with Gasteiger partial charge in [0.2, 0.25) is 0 Å². The predicted molar refractivity (Wildman–Crippen MR) is 92.0 cm³/mol. The normalized spacial score (nSPS) is 12.6. The molecule has 1 rings (SSSR count). The minimum atomic E-state index is -0.183. The van der Waals surface area contributed by atoms with Crippen LogP contribution in [-0.2, 0) is 6.42 Å². The Bertz CT molecular complexity index is 509. The first kappa shape index (κ1) is 18.4. The average Bonchev–Trinajstić information content (AvgIpc) is 2.44. The molecule has 0 unspecified atom stereocenters. The van der Waals surface area contributed by atoms with Gasteiger partial charge in [-0.3, -0.25) is 4.99 Å². The number of hydrogen-bond donors (Lipinski definition) is 2. The second kappa shape index (κ2) is 8.13. The van der Waals surface area contributed by atoms with Crippen LogP contribution in [0.5, 0.6) is 0 Å². The van der Waals surface area contributed by atoms with E-state index in [0.29, 0.717) is 0 Å². The van der Waals surface area contributed by atoms with Crippen molar-refractivity contribution in [3.8, 4) is 0 Å². The van der Waals surface area contributed by atoms with Crippen molar-refractivity contribution in [1.29, 1.82) is 0 Å². The molecule has 4 nitrogen and oxygen atoms in total. The zero-order chi connectivity index (χ0) is 16.8. The van der Waals surface area contributed by atoms with Crippen LogP contribution < -0.4 is 10.6 Å². The number of benzene rings is 1. The standard InChI is InChI=1S/C17H29FN4/c1-13-11-15(18)8-7-14(13)9-10-20-16(19-4)21-12-17(2,3)22(5)6/h7-8,11H,9-10,12H2,1-6H3,(H2,19,20,21). The van der Waals surface area contributed by atoms with Crippen molar-refractivity contribution in [2.75, 3.05) is 34.2 Å². The zero-order valence-corrected chi connectivity index (χ0v) is 14.6. The lowest BCUT2D eigenvalue weighted by atomic mass is 10.0. The number of likely N-dealkylation sites (N-methyl/N-ethyl adjacent to an activating group) is 1. The number of aryl methyl sites for hydroxylation is 1. The summed E-state index contributed by atoms with van der Waals surface area (Å²) in [6, 6.07) is 4.93. The lowest BCUT2D eigenvalue weighted by Gasteiger charge is -2.33. The molecule has 0 bridgehead atoms. The van der Waals surface area contributed by atoms with Gasteiger partial charge in [-0.25, -0.2) is 4.39 Å². The second-order valence-corrected chi connectivity index (χ2v) is 6.38. The molecule has 0 amide bonds. The summed E-state index contributed by atoms with van der Waals surface area (Å²) in [6.45, 7) is 7.85. The molecule has 22 heavy (non-hydrogen) atoms. The van der Waals surface area contributed by atoms with Crippen LogP contribution in [0.3, 0.4) is 0 Å². The maximum absolute atomic E-state index is 13.1. The molecule has 0 fully saturated rings. The SMILES string of the molecule is CN=C(NCCc1ccc(F)cc1C)NCC(C)(C)N(C)C. The molecule has 5 heteroatoms. The van der Waals surface area contributed by atoms with Gasteiger partial charge >= 0.3 is 0 Å². The average molecular weight is 308 g/mol. The minimum absolute atomic E-state index is 0.0468. The fourth-order valence-corrected chi connectivity index (χ4v) is 1.93. The molecular formula is C17H29FN4. The molecule has 0 heterocycles. The van der Waals surface area contributed by atoms with Crippen LogP contribution in [-0.4, -0.2) is 50.6 Å². The van der Waals surface area contributed by atoms with Gasteiger partial charge in [0.05, 0.1) is 0 Å². The lowest BCUT2D eigenvalue weighted by Crippen LogP contribution is -2.51. The largest absolute Gasteiger partial charge is 0.356 e. The lowest BCUT2D eigenvalue weighted by molar-refractivity contribution is 0.197. The van der Waals surface area contributed by atoms with Gasteiger partial charge in [0.15, 0.2) is 5.96 Å². The summed E-state index contributed by atoms with van der Waals surface area (Å²) in [6.07, 6.45) is 0.837. The van der Waals surface area contributed by atoms with Gasteiger partial charge in [0, 0.05) is 25.7 Å². The fraction of sp³-hybridized carbons (Fsp3) is 0.588. The van der Waals surface area contributed by atoms with Crippen LogP contribution in [0.4, 0.5) is 4.39 Å². The van der Waals surface area contributed by atoms with Crippen LogP contribution in [0.25, 0.3) is 0 Å². The van der Waals surface area contributed by atoms with Crippen LogP contribution in [0.15, 0.2) is 23.2 Å². The first-order valence-corrected chi connectivity index (χ1v) is 7.63. The van der Waals surface area contributed by atoms with Crippen molar-refractivity contribution in [1.82, 2.24) is 15.5 Å². The van der Waals surface area contributed by atoms with Crippen LogP contribution >= 0.6 is 0 Å². The second-order valence-electron chi connectivity index (χ2n) is 6.38. The summed E-state index contributed by atoms with van der Waals surface area (Å²) in [5, 5.41) is 6.64. The molecule has 2 N–H and O–H groups in total. The summed E-state index contributed by atoms with van der Waals surface area (Å²) < 4.78 is 13.1. The number of guanidine groups is 1. The van der Waals surface area contributed by atoms with Gasteiger partial charge in [0.25, 0.3) is 0 Å². The summed E-state index contributed by atoms with van der Waals surface area (Å²) in [5.41, 5.74) is 2.18. The first-order chi connectivity index (χ1) is 10.3. The summed E-state index contributed by atoms with van der Waals surface area (Å²) >= 11 is 0. The Morgan fingerprint density at radius 3 is 2.50 bits per heavy atom. The van der Waals surface area contributed by atoms with Crippen molar-refractivity contribution in [2.45, 2.75) is 32.7 Å². The van der Waals surface area contributed by atoms with Gasteiger partial charge < -0.3 is 15.5 Å². The Morgan fingerprint density at radius 2 is 1.95 bits per heavy atom. The van der Waals surface area contributed by atoms with Gasteiger partial charge in [-0.1, -0.05) is 6.07 Å². The van der Waals surface area contributed by atoms with E-state index in [1.807, 2.05) is 13.0 Å². The summed E-state index contributed by atoms with van der Waals surface area (Å²) in [7, 11) is 5.89. The Labute approximate surface area is 133 Å². The third kappa shape index (κ3) is 5.64. The van der Waals surface area contributed by atoms with E-state index >= 15 is 0 Å². The molecule has 0 aliphatic heterocycles. The molecule has 0 aromatic heterocycles. The van der Waals surface area contributed by atoms with Crippen molar-refractivity contribution in [3.63, 3.8) is 0 Å². The number of aliphatic imine (C=N–C) groups is 1. The topological polar surface area (TPSA) is 39.7 Å². The maximum atomic E-state index is 13.1. The number of rotatable bonds is 6. The quantitative estimate of drug-likeness (QED) is 0.625. The molecule has 0 aliphatic rings. The van der Waals surface area contributed by atoms with E-state index in [1.165, 1.54) is 6.07 Å². The van der Waals surface area contributed by atoms with Gasteiger partial charge in [0.1, 0.15) is 5.82 Å². The molecular weight excluding hydrogens is 279 g/mol. The highest BCUT2D eigenvalue weighted by Gasteiger charge is 2.20. The van der Waals surface area contributed by atoms with E-state index in [-0.39, 0.29) is 11.4 Å². The van der Waals surface area contributed by atoms with Crippen LogP contribution in [0.1, 0.15) is 25.0 Å². The molecule has 0 saturated heterocycles. The van der Waals surface area contributed by atoms with Gasteiger partial charge in [-0.2, -0.15) is 0 Å². The van der Waals surface area contributed by atoms with Crippen molar-refractivity contribution >= 4 is 5.96 Å². The number of hydrogen-bond acceptors (Lipinski definition) is 2. The van der Waals surface area contributed by atoms with E-state index in [0.717, 1.165) is 36.6 Å². The third-order valence-electron chi connectivity index (χ3n) is 4.11. The van der Waals surface area contributed by atoms with E-state index in [4.69, 9.17) is 0 Å². The molecule has 0 spiro atoms. The van der Waals surface area contributed by atoms with Crippen molar-refractivity contribution in [3.05, 3.63) is 35.1 Å². The molecule has 124 valence electrons. The zero-order valence-electron chi connectivity index (χ0n) is 14.6. The number of nitrogens with zero attached hydrogens (tertiary/aromatic N) is 2. The van der Waals surface area contributed by atoms with E-state index in [2.05, 4.69) is 48.5 Å². The van der Waals surface area contributed by atoms with Crippen LogP contribution in [0, 0.1) is 12.7 Å². The molecule has 1 aromatic carbocycles. The first-order valence-electron chi connectivity index (χ1n) is 7.63. The summed E-state index contributed by atoms with van der Waals surface area (Å²) in [4.78, 5) is 6.41. The van der Waals surface area contributed by atoms with Gasteiger partial charge in [-0.05, 0) is 64.5 Å². The molecule has 1 aromatic rings. The number of nitrogens with one attached hydrogen (secondary N) is 2. The van der Waals surface area contributed by atoms with Crippen molar-refractivity contribution in [2.24, 2.45) is 4.99 Å². The third-order valence-corrected chi connectivity index (χ3v) is 4.11. The van der Waals surface area contributed by atoms with Gasteiger partial charge in [-0.15, -0.1) is 0 Å². The molecule has 0 aliphatic carbocycles. The maximum Gasteiger partial charge on any atom is 0.191 e. The summed E-state index contributed by atoms with van der Waals surface area (Å²) in [5.74, 6) is 0.604. The monoisotopic (exact) mass is 308 g/mol. The van der Waals surface area contributed by atoms with Crippen LogP contribution in [0.2, 0.25) is 0 Å². The van der Waals surface area contributed by atoms with E-state index in [9.17, 15) is 4.39 Å². The Kier molecular flexibility index (Phi) is 6.81. The molecule has 0 radical (unpaired) electrons. The fourth-order valence-electron chi connectivity index (χ4n) is 1.93. The minimum Gasteiger partial charge on any atom is -0.356 e. The number of halogens is 1. The highest BCUT2D eigenvalue weighted by atomic mass is 19.1. The Morgan fingerprint density at radius 1 is 1.27 bits per heavy atom. The predicted octanol–water partition coefficient (Wildman–Crippen LogP) is 2.18. The molecule has 0 atom stereocenters. The Hall–Kier alpha value is -1.62. The Balaban J connectivity index is 2.45. The van der Waals surface area contributed by atoms with E-state index in [1.54, 1.807) is 13.1 Å². The highest BCUT2D eigenvalue weighted by Crippen LogP contribution is 2.10. The molecule has 0 saturated carbocycles. The smallest absolute Gasteiger partial charge is 0.191 e. The highest BCUT2D eigenvalue weighted by molar-refractivity contribution is 5.79. The van der Waals surface area contributed by atoms with Crippen molar-refractivity contribution < 1.29 is 4.39 Å². The van der Waals surface area contributed by atoms with E-state index < -0.39 is 0 Å².